The van der Waals surface area contributed by atoms with Crippen molar-refractivity contribution in [2.45, 2.75) is 44.6 Å². The lowest BCUT2D eigenvalue weighted by Gasteiger charge is -2.18. The van der Waals surface area contributed by atoms with Crippen LogP contribution in [0.5, 0.6) is 5.75 Å². The van der Waals surface area contributed by atoms with E-state index in [1.807, 2.05) is 18.2 Å². The number of aliphatic hydroxyl groups excluding tert-OH is 1. The number of benzene rings is 2. The molecule has 0 amide bonds. The van der Waals surface area contributed by atoms with E-state index >= 15 is 0 Å². The number of aliphatic hydroxyl groups is 1. The Balaban J connectivity index is 1.99. The van der Waals surface area contributed by atoms with Crippen molar-refractivity contribution in [1.29, 1.82) is 0 Å². The van der Waals surface area contributed by atoms with Crippen molar-refractivity contribution in [3.8, 4) is 16.9 Å². The minimum Gasteiger partial charge on any atom is -0.508 e. The van der Waals surface area contributed by atoms with Crippen LogP contribution in [-0.2, 0) is 11.2 Å². The van der Waals surface area contributed by atoms with Crippen LogP contribution in [0.1, 0.15) is 43.2 Å². The molecule has 1 fully saturated rings. The fraction of sp³-hybridized carbons (Fsp3) is 0.381. The summed E-state index contributed by atoms with van der Waals surface area (Å²) in [6.45, 7) is 1.68. The van der Waals surface area contributed by atoms with Crippen LogP contribution in [0.2, 0.25) is 0 Å². The van der Waals surface area contributed by atoms with Gasteiger partial charge in [0.1, 0.15) is 5.75 Å². The van der Waals surface area contributed by atoms with Crippen molar-refractivity contribution in [2.24, 2.45) is 5.92 Å². The Bertz CT molecular complexity index is 751. The van der Waals surface area contributed by atoms with Gasteiger partial charge in [-0.3, -0.25) is 4.79 Å². The van der Waals surface area contributed by atoms with Gasteiger partial charge in [0, 0.05) is 0 Å². The number of carboxylic acids is 1. The number of phenolic OH excluding ortho intramolecular Hbond substituents is 1. The zero-order valence-corrected chi connectivity index (χ0v) is 14.4. The molecule has 1 aliphatic carbocycles. The summed E-state index contributed by atoms with van der Waals surface area (Å²) in [6.07, 6.45) is 3.51. The normalized spacial score (nSPS) is 21.2. The fourth-order valence-corrected chi connectivity index (χ4v) is 3.69. The van der Waals surface area contributed by atoms with Gasteiger partial charge >= 0.3 is 5.97 Å². The van der Waals surface area contributed by atoms with Gasteiger partial charge in [-0.2, -0.15) is 0 Å². The highest BCUT2D eigenvalue weighted by molar-refractivity contribution is 5.81. The summed E-state index contributed by atoms with van der Waals surface area (Å²) in [5.74, 6) is -1.02. The molecule has 25 heavy (non-hydrogen) atoms. The van der Waals surface area contributed by atoms with Crippen LogP contribution in [0.3, 0.4) is 0 Å². The smallest absolute Gasteiger partial charge is 0.310 e. The van der Waals surface area contributed by atoms with E-state index in [9.17, 15) is 20.1 Å². The molecule has 4 heteroatoms. The van der Waals surface area contributed by atoms with E-state index in [4.69, 9.17) is 0 Å². The first-order chi connectivity index (χ1) is 12.0. The molecule has 3 atom stereocenters. The summed E-state index contributed by atoms with van der Waals surface area (Å²) in [6, 6.07) is 12.7. The Hall–Kier alpha value is -2.33. The predicted molar refractivity (Wildman–Crippen MR) is 96.6 cm³/mol. The average Bonchev–Trinajstić information content (AvgIpc) is 2.99. The molecule has 1 aliphatic rings. The first-order valence-electron chi connectivity index (χ1n) is 8.79. The van der Waals surface area contributed by atoms with E-state index in [0.717, 1.165) is 47.9 Å². The van der Waals surface area contributed by atoms with Gasteiger partial charge in [-0.05, 0) is 66.5 Å². The molecule has 0 saturated heterocycles. The number of hydrogen-bond acceptors (Lipinski definition) is 3. The van der Waals surface area contributed by atoms with Crippen LogP contribution in [-0.4, -0.2) is 27.4 Å². The number of carboxylic acid groups (broad SMARTS) is 1. The van der Waals surface area contributed by atoms with Crippen LogP contribution >= 0.6 is 0 Å². The van der Waals surface area contributed by atoms with Gasteiger partial charge in [0.05, 0.1) is 12.0 Å². The van der Waals surface area contributed by atoms with Crippen molar-refractivity contribution in [3.63, 3.8) is 0 Å². The second-order valence-corrected chi connectivity index (χ2v) is 6.99. The van der Waals surface area contributed by atoms with Crippen molar-refractivity contribution >= 4 is 5.97 Å². The lowest BCUT2D eigenvalue weighted by atomic mass is 9.87. The van der Waals surface area contributed by atoms with Gasteiger partial charge in [0.15, 0.2) is 0 Å². The van der Waals surface area contributed by atoms with Crippen molar-refractivity contribution in [2.75, 3.05) is 0 Å². The number of hydrogen-bond donors (Lipinski definition) is 3. The molecule has 0 aliphatic heterocycles. The van der Waals surface area contributed by atoms with Crippen LogP contribution in [0.25, 0.3) is 11.1 Å². The quantitative estimate of drug-likeness (QED) is 0.770. The van der Waals surface area contributed by atoms with Gasteiger partial charge < -0.3 is 15.3 Å². The number of phenols is 1. The minimum atomic E-state index is -0.862. The molecule has 132 valence electrons. The van der Waals surface area contributed by atoms with E-state index in [-0.39, 0.29) is 17.8 Å². The summed E-state index contributed by atoms with van der Waals surface area (Å²) < 4.78 is 0. The monoisotopic (exact) mass is 340 g/mol. The summed E-state index contributed by atoms with van der Waals surface area (Å²) in [7, 11) is 0. The molecule has 0 radical (unpaired) electrons. The number of aliphatic carboxylic acids is 1. The molecule has 0 aromatic heterocycles. The molecule has 2 aromatic rings. The van der Waals surface area contributed by atoms with Crippen LogP contribution in [0, 0.1) is 5.92 Å². The van der Waals surface area contributed by atoms with Crippen LogP contribution < -0.4 is 0 Å². The van der Waals surface area contributed by atoms with E-state index in [1.165, 1.54) is 0 Å². The third kappa shape index (κ3) is 3.85. The summed E-state index contributed by atoms with van der Waals surface area (Å²) in [4.78, 5) is 11.5. The molecule has 0 heterocycles. The van der Waals surface area contributed by atoms with Gasteiger partial charge in [-0.15, -0.1) is 0 Å². The van der Waals surface area contributed by atoms with Crippen molar-refractivity contribution < 1.29 is 20.1 Å². The Morgan fingerprint density at radius 3 is 2.48 bits per heavy atom. The molecule has 1 saturated carbocycles. The average molecular weight is 340 g/mol. The SMILES string of the molecule is CC(C(=O)O)c1ccc(C[C@H]2CCC[C@@H]2O)cc1-c1ccc(O)cc1. The lowest BCUT2D eigenvalue weighted by molar-refractivity contribution is -0.138. The van der Waals surface area contributed by atoms with E-state index < -0.39 is 11.9 Å². The largest absolute Gasteiger partial charge is 0.508 e. The Kier molecular flexibility index (Phi) is 5.09. The topological polar surface area (TPSA) is 77.8 Å². The molecule has 3 N–H and O–H groups in total. The summed E-state index contributed by atoms with van der Waals surface area (Å²) >= 11 is 0. The van der Waals surface area contributed by atoms with Crippen molar-refractivity contribution in [1.82, 2.24) is 0 Å². The molecule has 0 bridgehead atoms. The number of aromatic hydroxyl groups is 1. The fourth-order valence-electron chi connectivity index (χ4n) is 3.69. The molecule has 1 unspecified atom stereocenters. The zero-order chi connectivity index (χ0) is 18.0. The summed E-state index contributed by atoms with van der Waals surface area (Å²) in [5.41, 5.74) is 3.62. The highest BCUT2D eigenvalue weighted by atomic mass is 16.4. The highest BCUT2D eigenvalue weighted by Crippen LogP contribution is 2.34. The maximum absolute atomic E-state index is 11.5. The van der Waals surface area contributed by atoms with Gasteiger partial charge in [-0.1, -0.05) is 36.8 Å². The Morgan fingerprint density at radius 1 is 1.16 bits per heavy atom. The number of rotatable bonds is 5. The molecular weight excluding hydrogens is 316 g/mol. The first-order valence-corrected chi connectivity index (χ1v) is 8.79. The number of carbonyl (C=O) groups is 1. The van der Waals surface area contributed by atoms with E-state index in [1.54, 1.807) is 31.2 Å². The van der Waals surface area contributed by atoms with E-state index in [2.05, 4.69) is 0 Å². The highest BCUT2D eigenvalue weighted by Gasteiger charge is 2.26. The van der Waals surface area contributed by atoms with Crippen LogP contribution in [0.15, 0.2) is 42.5 Å². The van der Waals surface area contributed by atoms with Crippen LogP contribution in [0.4, 0.5) is 0 Å². The maximum atomic E-state index is 11.5. The Labute approximate surface area is 147 Å². The second-order valence-electron chi connectivity index (χ2n) is 6.99. The molecule has 3 rings (SSSR count). The van der Waals surface area contributed by atoms with Gasteiger partial charge in [0.2, 0.25) is 0 Å². The third-order valence-electron chi connectivity index (χ3n) is 5.25. The predicted octanol–water partition coefficient (Wildman–Crippen LogP) is 3.95. The standard InChI is InChI=1S/C21H24O4/c1-13(21(24)25)18-10-5-14(11-16-3-2-4-20(16)23)12-19(18)15-6-8-17(22)9-7-15/h5-10,12-13,16,20,22-23H,2-4,11H2,1H3,(H,24,25)/t13?,16-,20+/m1/s1. The maximum Gasteiger partial charge on any atom is 0.310 e. The second kappa shape index (κ2) is 7.28. The molecular formula is C21H24O4. The first kappa shape index (κ1) is 17.5. The summed E-state index contributed by atoms with van der Waals surface area (Å²) in [5, 5.41) is 29.0. The minimum absolute atomic E-state index is 0.182. The zero-order valence-electron chi connectivity index (χ0n) is 14.4. The molecule has 0 spiro atoms. The van der Waals surface area contributed by atoms with Gasteiger partial charge in [-0.25, -0.2) is 0 Å². The molecule has 2 aromatic carbocycles. The van der Waals surface area contributed by atoms with E-state index in [0.29, 0.717) is 0 Å². The third-order valence-corrected chi connectivity index (χ3v) is 5.25. The van der Waals surface area contributed by atoms with Crippen molar-refractivity contribution in [3.05, 3.63) is 53.6 Å². The Morgan fingerprint density at radius 2 is 1.88 bits per heavy atom. The molecule has 4 nitrogen and oxygen atoms in total. The lowest BCUT2D eigenvalue weighted by Crippen LogP contribution is -2.16. The van der Waals surface area contributed by atoms with Gasteiger partial charge in [0.25, 0.3) is 0 Å².